The number of anilines is 2. The number of nitrogens with zero attached hydrogens (tertiary/aromatic N) is 1. The first-order chi connectivity index (χ1) is 16.8. The third-order valence-electron chi connectivity index (χ3n) is 4.53. The zero-order valence-corrected chi connectivity index (χ0v) is 19.8. The van der Waals surface area contributed by atoms with Crippen molar-refractivity contribution in [2.45, 2.75) is 0 Å². The van der Waals surface area contributed by atoms with E-state index < -0.39 is 24.2 Å². The largest absolute Gasteiger partial charge is 0.493 e. The molecule has 2 N–H and O–H groups in total. The molecule has 178 valence electrons. The van der Waals surface area contributed by atoms with Crippen molar-refractivity contribution in [3.8, 4) is 17.6 Å². The van der Waals surface area contributed by atoms with Gasteiger partial charge in [-0.25, -0.2) is 4.39 Å². The maximum atomic E-state index is 13.7. The fourth-order valence-corrected chi connectivity index (χ4v) is 3.30. The summed E-state index contributed by atoms with van der Waals surface area (Å²) in [5.74, 6) is -1.59. The highest BCUT2D eigenvalue weighted by atomic mass is 35.5. The summed E-state index contributed by atoms with van der Waals surface area (Å²) in [5.41, 5.74) is 0.683. The minimum absolute atomic E-state index is 0.0144. The monoisotopic (exact) mass is 513 g/mol. The molecular weight excluding hydrogens is 496 g/mol. The molecule has 10 heteroatoms. The van der Waals surface area contributed by atoms with Crippen molar-refractivity contribution in [1.82, 2.24) is 0 Å². The van der Waals surface area contributed by atoms with Crippen LogP contribution in [0.1, 0.15) is 5.56 Å². The summed E-state index contributed by atoms with van der Waals surface area (Å²) >= 11 is 12.1. The molecule has 0 unspecified atom stereocenters. The SMILES string of the molecule is COc1cc(/C=C(/C#N)C(=O)Nc2ccc(Cl)cc2)cc(Cl)c1OCC(=O)Nc1ccccc1F. The van der Waals surface area contributed by atoms with Crippen molar-refractivity contribution in [3.05, 3.63) is 87.7 Å². The summed E-state index contributed by atoms with van der Waals surface area (Å²) in [6.45, 7) is -0.466. The van der Waals surface area contributed by atoms with E-state index in [0.717, 1.165) is 0 Å². The average Bonchev–Trinajstić information content (AvgIpc) is 2.84. The molecule has 2 amide bonds. The lowest BCUT2D eigenvalue weighted by atomic mass is 10.1. The molecule has 0 saturated carbocycles. The van der Waals surface area contributed by atoms with Gasteiger partial charge in [-0.1, -0.05) is 35.3 Å². The predicted molar refractivity (Wildman–Crippen MR) is 132 cm³/mol. The van der Waals surface area contributed by atoms with Crippen LogP contribution in [0.5, 0.6) is 11.5 Å². The van der Waals surface area contributed by atoms with Gasteiger partial charge in [-0.2, -0.15) is 5.26 Å². The molecule has 0 spiro atoms. The van der Waals surface area contributed by atoms with Gasteiger partial charge in [-0.3, -0.25) is 9.59 Å². The van der Waals surface area contributed by atoms with E-state index in [9.17, 15) is 19.2 Å². The molecule has 3 rings (SSSR count). The van der Waals surface area contributed by atoms with Crippen LogP contribution in [0.2, 0.25) is 10.0 Å². The number of hydrogen-bond acceptors (Lipinski definition) is 5. The van der Waals surface area contributed by atoms with Crippen molar-refractivity contribution in [2.75, 3.05) is 24.4 Å². The van der Waals surface area contributed by atoms with Crippen LogP contribution < -0.4 is 20.1 Å². The van der Waals surface area contributed by atoms with E-state index in [0.29, 0.717) is 16.3 Å². The first-order valence-corrected chi connectivity index (χ1v) is 10.8. The third kappa shape index (κ3) is 6.96. The summed E-state index contributed by atoms with van der Waals surface area (Å²) in [5, 5.41) is 15.0. The Morgan fingerprint density at radius 2 is 1.80 bits per heavy atom. The molecule has 0 radical (unpaired) electrons. The maximum absolute atomic E-state index is 13.7. The molecule has 0 bridgehead atoms. The van der Waals surface area contributed by atoms with Crippen LogP contribution >= 0.6 is 23.2 Å². The zero-order chi connectivity index (χ0) is 25.4. The minimum Gasteiger partial charge on any atom is -0.493 e. The molecule has 0 aliphatic carbocycles. The number of carbonyl (C=O) groups is 2. The van der Waals surface area contributed by atoms with E-state index in [-0.39, 0.29) is 27.8 Å². The number of para-hydroxylation sites is 1. The molecule has 0 atom stereocenters. The van der Waals surface area contributed by atoms with Gasteiger partial charge in [0.2, 0.25) is 0 Å². The highest BCUT2D eigenvalue weighted by Crippen LogP contribution is 2.37. The van der Waals surface area contributed by atoms with Gasteiger partial charge >= 0.3 is 0 Å². The Labute approximate surface area is 210 Å². The van der Waals surface area contributed by atoms with Crippen LogP contribution in [0.25, 0.3) is 6.08 Å². The Morgan fingerprint density at radius 1 is 1.09 bits per heavy atom. The maximum Gasteiger partial charge on any atom is 0.266 e. The lowest BCUT2D eigenvalue weighted by Crippen LogP contribution is -2.21. The summed E-state index contributed by atoms with van der Waals surface area (Å²) < 4.78 is 24.5. The van der Waals surface area contributed by atoms with Gasteiger partial charge in [0.15, 0.2) is 18.1 Å². The molecule has 0 fully saturated rings. The van der Waals surface area contributed by atoms with Gasteiger partial charge in [0.25, 0.3) is 11.8 Å². The van der Waals surface area contributed by atoms with E-state index in [1.165, 1.54) is 43.5 Å². The fourth-order valence-electron chi connectivity index (χ4n) is 2.90. The Balaban J connectivity index is 1.74. The van der Waals surface area contributed by atoms with Gasteiger partial charge in [0.05, 0.1) is 17.8 Å². The molecular formula is C25H18Cl2FN3O4. The van der Waals surface area contributed by atoms with Crippen LogP contribution in [0, 0.1) is 17.1 Å². The molecule has 3 aromatic carbocycles. The number of amides is 2. The van der Waals surface area contributed by atoms with Crippen molar-refractivity contribution in [1.29, 1.82) is 5.26 Å². The van der Waals surface area contributed by atoms with Gasteiger partial charge in [0, 0.05) is 10.7 Å². The Hall–Kier alpha value is -4.06. The molecule has 0 aromatic heterocycles. The lowest BCUT2D eigenvalue weighted by Gasteiger charge is -2.14. The normalized spacial score (nSPS) is 10.8. The first kappa shape index (κ1) is 25.6. The Bertz CT molecular complexity index is 1320. The number of carbonyl (C=O) groups excluding carboxylic acids is 2. The zero-order valence-electron chi connectivity index (χ0n) is 18.3. The van der Waals surface area contributed by atoms with Crippen LogP contribution in [-0.4, -0.2) is 25.5 Å². The molecule has 7 nitrogen and oxygen atoms in total. The molecule has 0 aliphatic rings. The number of nitriles is 1. The second-order valence-electron chi connectivity index (χ2n) is 6.98. The third-order valence-corrected chi connectivity index (χ3v) is 5.06. The second-order valence-corrected chi connectivity index (χ2v) is 7.83. The Morgan fingerprint density at radius 3 is 2.46 bits per heavy atom. The van der Waals surface area contributed by atoms with Crippen molar-refractivity contribution >= 4 is 52.5 Å². The molecule has 3 aromatic rings. The van der Waals surface area contributed by atoms with Gasteiger partial charge < -0.3 is 20.1 Å². The smallest absolute Gasteiger partial charge is 0.266 e. The molecule has 0 aliphatic heterocycles. The van der Waals surface area contributed by atoms with E-state index in [1.807, 2.05) is 6.07 Å². The van der Waals surface area contributed by atoms with Gasteiger partial charge in [0.1, 0.15) is 17.5 Å². The number of halogens is 3. The number of rotatable bonds is 8. The number of methoxy groups -OCH3 is 1. The molecule has 0 heterocycles. The topological polar surface area (TPSA) is 100 Å². The minimum atomic E-state index is -0.630. The summed E-state index contributed by atoms with van der Waals surface area (Å²) in [4.78, 5) is 24.7. The standard InChI is InChI=1S/C25H18Cl2FN3O4/c1-34-22-12-15(10-16(13-29)25(33)30-18-8-6-17(26)7-9-18)11-19(27)24(22)35-14-23(32)31-21-5-3-2-4-20(21)28/h2-12H,14H2,1H3,(H,30,33)(H,31,32)/b16-10-. The van der Waals surface area contributed by atoms with Crippen molar-refractivity contribution < 1.29 is 23.5 Å². The molecule has 35 heavy (non-hydrogen) atoms. The number of hydrogen-bond donors (Lipinski definition) is 2. The van der Waals surface area contributed by atoms with Crippen LogP contribution in [0.3, 0.4) is 0 Å². The number of nitrogens with one attached hydrogen (secondary N) is 2. The van der Waals surface area contributed by atoms with E-state index in [1.54, 1.807) is 30.3 Å². The van der Waals surface area contributed by atoms with Crippen LogP contribution in [-0.2, 0) is 9.59 Å². The highest BCUT2D eigenvalue weighted by Gasteiger charge is 2.16. The van der Waals surface area contributed by atoms with Gasteiger partial charge in [-0.05, 0) is 60.2 Å². The van der Waals surface area contributed by atoms with E-state index in [2.05, 4.69) is 10.6 Å². The highest BCUT2D eigenvalue weighted by molar-refractivity contribution is 6.32. The average molecular weight is 514 g/mol. The summed E-state index contributed by atoms with van der Waals surface area (Å²) in [6.07, 6.45) is 1.33. The summed E-state index contributed by atoms with van der Waals surface area (Å²) in [7, 11) is 1.36. The second kappa shape index (κ2) is 11.9. The number of benzene rings is 3. The predicted octanol–water partition coefficient (Wildman–Crippen LogP) is 5.70. The van der Waals surface area contributed by atoms with Crippen molar-refractivity contribution in [3.63, 3.8) is 0 Å². The van der Waals surface area contributed by atoms with Crippen LogP contribution in [0.4, 0.5) is 15.8 Å². The van der Waals surface area contributed by atoms with Gasteiger partial charge in [-0.15, -0.1) is 0 Å². The van der Waals surface area contributed by atoms with E-state index >= 15 is 0 Å². The summed E-state index contributed by atoms with van der Waals surface area (Å²) in [6, 6.07) is 16.9. The molecule has 0 saturated heterocycles. The first-order valence-electron chi connectivity index (χ1n) is 10.0. The van der Waals surface area contributed by atoms with Crippen LogP contribution in [0.15, 0.2) is 66.2 Å². The fraction of sp³-hybridized carbons (Fsp3) is 0.0800. The van der Waals surface area contributed by atoms with Crippen molar-refractivity contribution in [2.24, 2.45) is 0 Å². The number of ether oxygens (including phenoxy) is 2. The Kier molecular flexibility index (Phi) is 8.68. The van der Waals surface area contributed by atoms with E-state index in [4.69, 9.17) is 32.7 Å². The lowest BCUT2D eigenvalue weighted by molar-refractivity contribution is -0.118. The quantitative estimate of drug-likeness (QED) is 0.297.